The van der Waals surface area contributed by atoms with Crippen LogP contribution in [0.2, 0.25) is 0 Å². The molecule has 0 saturated carbocycles. The molecule has 0 aliphatic carbocycles. The molecular weight excluding hydrogens is 392 g/mol. The number of aromatic amines is 1. The van der Waals surface area contributed by atoms with E-state index in [9.17, 15) is 4.79 Å². The molecule has 0 saturated heterocycles. The number of hydrogen-bond donors (Lipinski definition) is 1. The molecule has 1 aliphatic rings. The molecule has 0 radical (unpaired) electrons. The number of benzene rings is 2. The van der Waals surface area contributed by atoms with E-state index in [-0.39, 0.29) is 12.0 Å². The van der Waals surface area contributed by atoms with Crippen molar-refractivity contribution in [2.45, 2.75) is 32.9 Å². The molecule has 0 bridgehead atoms. The van der Waals surface area contributed by atoms with Gasteiger partial charge in [0.25, 0.3) is 0 Å². The van der Waals surface area contributed by atoms with Crippen molar-refractivity contribution in [3.63, 3.8) is 0 Å². The molecule has 2 aromatic carbocycles. The maximum absolute atomic E-state index is 12.9. The summed E-state index contributed by atoms with van der Waals surface area (Å²) >= 11 is 0. The average Bonchev–Trinajstić information content (AvgIpc) is 3.08. The summed E-state index contributed by atoms with van der Waals surface area (Å²) in [6.07, 6.45) is 0.704. The number of nitrogens with zero attached hydrogens (tertiary/aromatic N) is 3. The van der Waals surface area contributed by atoms with E-state index in [0.29, 0.717) is 26.1 Å². The second-order valence-corrected chi connectivity index (χ2v) is 8.34. The van der Waals surface area contributed by atoms with Crippen LogP contribution in [0.5, 0.6) is 11.5 Å². The van der Waals surface area contributed by atoms with Gasteiger partial charge in [0.2, 0.25) is 5.91 Å². The van der Waals surface area contributed by atoms with E-state index in [2.05, 4.69) is 33.9 Å². The SMILES string of the molecule is COc1ccc2nc(CCN(C)C(=O)CN3Cc4cc(C)ccc4O[C@@H](C)C3)[nH]c2c1. The lowest BCUT2D eigenvalue weighted by atomic mass is 10.1. The Bertz CT molecular complexity index is 1080. The van der Waals surface area contributed by atoms with Crippen molar-refractivity contribution in [1.29, 1.82) is 0 Å². The van der Waals surface area contributed by atoms with E-state index in [1.807, 2.05) is 38.2 Å². The molecule has 164 valence electrons. The molecule has 1 amide bonds. The number of fused-ring (bicyclic) bond motifs is 2. The van der Waals surface area contributed by atoms with E-state index >= 15 is 0 Å². The minimum Gasteiger partial charge on any atom is -0.497 e. The molecule has 2 heterocycles. The van der Waals surface area contributed by atoms with Crippen LogP contribution >= 0.6 is 0 Å². The molecule has 7 heteroatoms. The van der Waals surface area contributed by atoms with E-state index in [4.69, 9.17) is 9.47 Å². The summed E-state index contributed by atoms with van der Waals surface area (Å²) in [4.78, 5) is 24.8. The van der Waals surface area contributed by atoms with Gasteiger partial charge in [-0.3, -0.25) is 9.69 Å². The number of aryl methyl sites for hydroxylation is 1. The van der Waals surface area contributed by atoms with Crippen LogP contribution in [0, 0.1) is 6.92 Å². The van der Waals surface area contributed by atoms with Crippen LogP contribution in [-0.4, -0.2) is 65.6 Å². The number of amides is 1. The van der Waals surface area contributed by atoms with Crippen LogP contribution in [-0.2, 0) is 17.8 Å². The van der Waals surface area contributed by atoms with Gasteiger partial charge in [-0.25, -0.2) is 4.98 Å². The van der Waals surface area contributed by atoms with Crippen LogP contribution in [0.1, 0.15) is 23.9 Å². The van der Waals surface area contributed by atoms with Gasteiger partial charge in [-0.1, -0.05) is 17.7 Å². The number of rotatable bonds is 6. The highest BCUT2D eigenvalue weighted by Gasteiger charge is 2.23. The van der Waals surface area contributed by atoms with Gasteiger partial charge in [0.15, 0.2) is 0 Å². The summed E-state index contributed by atoms with van der Waals surface area (Å²) < 4.78 is 11.3. The Hall–Kier alpha value is -3.06. The minimum atomic E-state index is 0.0367. The zero-order valence-electron chi connectivity index (χ0n) is 18.6. The monoisotopic (exact) mass is 422 g/mol. The van der Waals surface area contributed by atoms with Crippen molar-refractivity contribution in [3.05, 3.63) is 53.3 Å². The number of imidazole rings is 1. The molecule has 1 aliphatic heterocycles. The summed E-state index contributed by atoms with van der Waals surface area (Å²) in [5.74, 6) is 2.68. The predicted molar refractivity (Wildman–Crippen MR) is 121 cm³/mol. The first-order chi connectivity index (χ1) is 14.9. The van der Waals surface area contributed by atoms with E-state index in [1.165, 1.54) is 5.56 Å². The van der Waals surface area contributed by atoms with E-state index in [0.717, 1.165) is 40.5 Å². The predicted octanol–water partition coefficient (Wildman–Crippen LogP) is 3.16. The van der Waals surface area contributed by atoms with Gasteiger partial charge >= 0.3 is 0 Å². The molecule has 0 fully saturated rings. The molecule has 1 atom stereocenters. The minimum absolute atomic E-state index is 0.0367. The Kier molecular flexibility index (Phi) is 6.13. The average molecular weight is 423 g/mol. The summed E-state index contributed by atoms with van der Waals surface area (Å²) in [6.45, 7) is 6.53. The van der Waals surface area contributed by atoms with Crippen LogP contribution in [0.4, 0.5) is 0 Å². The van der Waals surface area contributed by atoms with Crippen molar-refractivity contribution < 1.29 is 14.3 Å². The standard InChI is InChI=1S/C24H30N4O3/c1-16-5-8-22-18(11-16)14-28(13-17(2)31-22)15-24(29)27(3)10-9-23-25-20-7-6-19(30-4)12-21(20)26-23/h5-8,11-12,17H,9-10,13-15H2,1-4H3,(H,25,26)/t17-/m0/s1. The number of ether oxygens (including phenoxy) is 2. The van der Waals surface area contributed by atoms with Crippen molar-refractivity contribution in [1.82, 2.24) is 19.8 Å². The molecule has 1 aromatic heterocycles. The van der Waals surface area contributed by atoms with Crippen molar-refractivity contribution >= 4 is 16.9 Å². The first kappa shape index (κ1) is 21.2. The van der Waals surface area contributed by atoms with Crippen LogP contribution in [0.15, 0.2) is 36.4 Å². The Balaban J connectivity index is 1.36. The normalized spacial score (nSPS) is 16.5. The highest BCUT2D eigenvalue weighted by atomic mass is 16.5. The van der Waals surface area contributed by atoms with E-state index in [1.54, 1.807) is 12.0 Å². The molecule has 1 N–H and O–H groups in total. The lowest BCUT2D eigenvalue weighted by molar-refractivity contribution is -0.131. The molecule has 31 heavy (non-hydrogen) atoms. The van der Waals surface area contributed by atoms with Crippen molar-refractivity contribution in [2.75, 3.05) is 33.8 Å². The van der Waals surface area contributed by atoms with Crippen molar-refractivity contribution in [2.24, 2.45) is 0 Å². The number of nitrogens with one attached hydrogen (secondary N) is 1. The fraction of sp³-hybridized carbons (Fsp3) is 0.417. The highest BCUT2D eigenvalue weighted by molar-refractivity contribution is 5.78. The quantitative estimate of drug-likeness (QED) is 0.661. The number of H-pyrrole nitrogens is 1. The number of carbonyl (C=O) groups is 1. The summed E-state index contributed by atoms with van der Waals surface area (Å²) in [6, 6.07) is 12.0. The molecular formula is C24H30N4O3. The third kappa shape index (κ3) is 4.99. The Morgan fingerprint density at radius 3 is 2.97 bits per heavy atom. The number of hydrogen-bond acceptors (Lipinski definition) is 5. The van der Waals surface area contributed by atoms with Gasteiger partial charge in [-0.15, -0.1) is 0 Å². The molecule has 7 nitrogen and oxygen atoms in total. The summed E-state index contributed by atoms with van der Waals surface area (Å²) in [5.41, 5.74) is 4.18. The second kappa shape index (κ2) is 8.98. The van der Waals surface area contributed by atoms with Gasteiger partial charge in [-0.05, 0) is 32.0 Å². The molecule has 4 rings (SSSR count). The maximum Gasteiger partial charge on any atom is 0.236 e. The summed E-state index contributed by atoms with van der Waals surface area (Å²) in [5, 5.41) is 0. The zero-order valence-corrected chi connectivity index (χ0v) is 18.6. The third-order valence-electron chi connectivity index (χ3n) is 5.66. The van der Waals surface area contributed by atoms with Gasteiger partial charge in [0, 0.05) is 44.7 Å². The van der Waals surface area contributed by atoms with Gasteiger partial charge in [0.05, 0.1) is 24.7 Å². The topological polar surface area (TPSA) is 70.7 Å². The lowest BCUT2D eigenvalue weighted by Gasteiger charge is -2.24. The van der Waals surface area contributed by atoms with Crippen molar-refractivity contribution in [3.8, 4) is 11.5 Å². The maximum atomic E-state index is 12.9. The van der Waals surface area contributed by atoms with Crippen LogP contribution < -0.4 is 9.47 Å². The van der Waals surface area contributed by atoms with Crippen LogP contribution in [0.25, 0.3) is 11.0 Å². The number of likely N-dealkylation sites (N-methyl/N-ethyl adjacent to an activating group) is 1. The smallest absolute Gasteiger partial charge is 0.236 e. The van der Waals surface area contributed by atoms with Crippen LogP contribution in [0.3, 0.4) is 0 Å². The Morgan fingerprint density at radius 1 is 1.32 bits per heavy atom. The van der Waals surface area contributed by atoms with Gasteiger partial charge in [-0.2, -0.15) is 0 Å². The largest absolute Gasteiger partial charge is 0.497 e. The second-order valence-electron chi connectivity index (χ2n) is 8.34. The van der Waals surface area contributed by atoms with E-state index < -0.39 is 0 Å². The zero-order chi connectivity index (χ0) is 22.0. The molecule has 3 aromatic rings. The first-order valence-electron chi connectivity index (χ1n) is 10.7. The lowest BCUT2D eigenvalue weighted by Crippen LogP contribution is -2.41. The number of aromatic nitrogens is 2. The molecule has 0 spiro atoms. The first-order valence-corrected chi connectivity index (χ1v) is 10.7. The Morgan fingerprint density at radius 2 is 2.16 bits per heavy atom. The Labute approximate surface area is 183 Å². The fourth-order valence-corrected chi connectivity index (χ4v) is 3.99. The highest BCUT2D eigenvalue weighted by Crippen LogP contribution is 2.26. The molecule has 0 unspecified atom stereocenters. The number of methoxy groups -OCH3 is 1. The summed E-state index contributed by atoms with van der Waals surface area (Å²) in [7, 11) is 3.50. The van der Waals surface area contributed by atoms with Gasteiger partial charge < -0.3 is 19.4 Å². The van der Waals surface area contributed by atoms with Gasteiger partial charge in [0.1, 0.15) is 23.4 Å². The number of carbonyl (C=O) groups excluding carboxylic acids is 1. The fourth-order valence-electron chi connectivity index (χ4n) is 3.99. The third-order valence-corrected chi connectivity index (χ3v) is 5.66.